The number of aryl methyl sites for hydroxylation is 3. The second-order valence-corrected chi connectivity index (χ2v) is 7.03. The zero-order chi connectivity index (χ0) is 17.6. The number of amides is 1. The summed E-state index contributed by atoms with van der Waals surface area (Å²) >= 11 is 0. The van der Waals surface area contributed by atoms with Crippen LogP contribution >= 0.6 is 0 Å². The molecule has 2 heterocycles. The summed E-state index contributed by atoms with van der Waals surface area (Å²) in [6, 6.07) is 14.6. The smallest absolute Gasteiger partial charge is 0.254 e. The standard InChI is InChI=1S/C21H23N3O/c1-14-8-9-15(2)18(12-14)21(25)23-11-10-17(13-23)24-16(3)22-19-6-4-5-7-20(19)24/h4-9,12,17H,10-11,13H2,1-3H3/t17-/m0/s1. The molecule has 1 fully saturated rings. The van der Waals surface area contributed by atoms with E-state index in [0.29, 0.717) is 6.04 Å². The number of likely N-dealkylation sites (tertiary alicyclic amines) is 1. The lowest BCUT2D eigenvalue weighted by Gasteiger charge is -2.19. The van der Waals surface area contributed by atoms with E-state index in [-0.39, 0.29) is 5.91 Å². The molecule has 0 spiro atoms. The number of benzene rings is 2. The van der Waals surface area contributed by atoms with Crippen LogP contribution in [0.1, 0.15) is 39.8 Å². The van der Waals surface area contributed by atoms with Crippen molar-refractivity contribution in [2.75, 3.05) is 13.1 Å². The van der Waals surface area contributed by atoms with Crippen molar-refractivity contribution in [3.8, 4) is 0 Å². The molecule has 128 valence electrons. The Kier molecular flexibility index (Phi) is 3.83. The Labute approximate surface area is 148 Å². The molecule has 4 rings (SSSR count). The normalized spacial score (nSPS) is 17.4. The second kappa shape index (κ2) is 6.03. The van der Waals surface area contributed by atoms with Crippen LogP contribution < -0.4 is 0 Å². The van der Waals surface area contributed by atoms with Gasteiger partial charge >= 0.3 is 0 Å². The van der Waals surface area contributed by atoms with Crippen LogP contribution in [0.3, 0.4) is 0 Å². The summed E-state index contributed by atoms with van der Waals surface area (Å²) in [5.74, 6) is 1.16. The zero-order valence-electron chi connectivity index (χ0n) is 15.0. The first kappa shape index (κ1) is 15.9. The van der Waals surface area contributed by atoms with Crippen molar-refractivity contribution in [2.24, 2.45) is 0 Å². The Morgan fingerprint density at radius 2 is 1.92 bits per heavy atom. The predicted molar refractivity (Wildman–Crippen MR) is 99.9 cm³/mol. The Morgan fingerprint density at radius 3 is 2.76 bits per heavy atom. The lowest BCUT2D eigenvalue weighted by Crippen LogP contribution is -2.29. The van der Waals surface area contributed by atoms with Gasteiger partial charge in [0.25, 0.3) is 5.91 Å². The van der Waals surface area contributed by atoms with Crippen molar-refractivity contribution in [3.63, 3.8) is 0 Å². The maximum absolute atomic E-state index is 13.0. The Balaban J connectivity index is 1.62. The van der Waals surface area contributed by atoms with Gasteiger partial charge in [0.05, 0.1) is 17.1 Å². The third kappa shape index (κ3) is 2.72. The van der Waals surface area contributed by atoms with E-state index >= 15 is 0 Å². The molecule has 0 N–H and O–H groups in total. The summed E-state index contributed by atoms with van der Waals surface area (Å²) < 4.78 is 2.30. The number of imidazole rings is 1. The van der Waals surface area contributed by atoms with Crippen LogP contribution in [0.5, 0.6) is 0 Å². The summed E-state index contributed by atoms with van der Waals surface area (Å²) in [5, 5.41) is 0. The molecule has 1 aromatic heterocycles. The monoisotopic (exact) mass is 333 g/mol. The van der Waals surface area contributed by atoms with Gasteiger partial charge in [0.15, 0.2) is 0 Å². The van der Waals surface area contributed by atoms with Gasteiger partial charge in [0.2, 0.25) is 0 Å². The van der Waals surface area contributed by atoms with Gasteiger partial charge in [0, 0.05) is 18.7 Å². The van der Waals surface area contributed by atoms with Crippen molar-refractivity contribution >= 4 is 16.9 Å². The van der Waals surface area contributed by atoms with E-state index in [2.05, 4.69) is 28.6 Å². The molecule has 25 heavy (non-hydrogen) atoms. The summed E-state index contributed by atoms with van der Waals surface area (Å²) in [7, 11) is 0. The Bertz CT molecular complexity index is 957. The van der Waals surface area contributed by atoms with Crippen LogP contribution in [0.2, 0.25) is 0 Å². The highest BCUT2D eigenvalue weighted by atomic mass is 16.2. The molecule has 1 aliphatic heterocycles. The molecule has 0 saturated carbocycles. The number of rotatable bonds is 2. The van der Waals surface area contributed by atoms with Crippen LogP contribution in [-0.2, 0) is 0 Å². The molecular formula is C21H23N3O. The van der Waals surface area contributed by atoms with Gasteiger partial charge in [-0.1, -0.05) is 29.8 Å². The van der Waals surface area contributed by atoms with Gasteiger partial charge in [-0.3, -0.25) is 4.79 Å². The van der Waals surface area contributed by atoms with Crippen LogP contribution in [0.15, 0.2) is 42.5 Å². The van der Waals surface area contributed by atoms with Gasteiger partial charge in [-0.25, -0.2) is 4.98 Å². The third-order valence-electron chi connectivity index (χ3n) is 5.21. The molecule has 0 radical (unpaired) electrons. The second-order valence-electron chi connectivity index (χ2n) is 7.03. The number of hydrogen-bond acceptors (Lipinski definition) is 2. The van der Waals surface area contributed by atoms with E-state index in [0.717, 1.165) is 53.1 Å². The molecule has 0 unspecified atom stereocenters. The fraction of sp³-hybridized carbons (Fsp3) is 0.333. The van der Waals surface area contributed by atoms with Crippen LogP contribution in [-0.4, -0.2) is 33.4 Å². The highest BCUT2D eigenvalue weighted by Gasteiger charge is 2.30. The topological polar surface area (TPSA) is 38.1 Å². The van der Waals surface area contributed by atoms with E-state index in [1.54, 1.807) is 0 Å². The number of fused-ring (bicyclic) bond motifs is 1. The first-order valence-corrected chi connectivity index (χ1v) is 8.84. The molecule has 1 atom stereocenters. The van der Waals surface area contributed by atoms with Gasteiger partial charge in [-0.15, -0.1) is 0 Å². The minimum atomic E-state index is 0.144. The number of carbonyl (C=O) groups is 1. The van der Waals surface area contributed by atoms with Gasteiger partial charge < -0.3 is 9.47 Å². The fourth-order valence-corrected chi connectivity index (χ4v) is 3.90. The summed E-state index contributed by atoms with van der Waals surface area (Å²) in [5.41, 5.74) is 5.18. The zero-order valence-corrected chi connectivity index (χ0v) is 15.0. The largest absolute Gasteiger partial charge is 0.336 e. The molecule has 1 aliphatic rings. The first-order chi connectivity index (χ1) is 12.0. The van der Waals surface area contributed by atoms with Crippen molar-refractivity contribution < 1.29 is 4.79 Å². The lowest BCUT2D eigenvalue weighted by molar-refractivity contribution is 0.0787. The average molecular weight is 333 g/mol. The van der Waals surface area contributed by atoms with E-state index < -0.39 is 0 Å². The number of aromatic nitrogens is 2. The predicted octanol–water partition coefficient (Wildman–Crippen LogP) is 4.05. The molecule has 1 amide bonds. The van der Waals surface area contributed by atoms with Gasteiger partial charge in [0.1, 0.15) is 5.82 Å². The SMILES string of the molecule is Cc1ccc(C)c(C(=O)N2CC[C@H](n3c(C)nc4ccccc43)C2)c1. The molecule has 2 aromatic carbocycles. The minimum Gasteiger partial charge on any atom is -0.336 e. The van der Waals surface area contributed by atoms with E-state index in [4.69, 9.17) is 0 Å². The van der Waals surface area contributed by atoms with Gasteiger partial charge in [-0.05, 0) is 51.0 Å². The minimum absolute atomic E-state index is 0.144. The van der Waals surface area contributed by atoms with Crippen LogP contribution in [0.4, 0.5) is 0 Å². The number of hydrogen-bond donors (Lipinski definition) is 0. The Morgan fingerprint density at radius 1 is 1.12 bits per heavy atom. The lowest BCUT2D eigenvalue weighted by atomic mass is 10.0. The highest BCUT2D eigenvalue weighted by molar-refractivity contribution is 5.96. The summed E-state index contributed by atoms with van der Waals surface area (Å²) in [4.78, 5) is 19.6. The molecule has 0 bridgehead atoms. The third-order valence-corrected chi connectivity index (χ3v) is 5.21. The first-order valence-electron chi connectivity index (χ1n) is 8.84. The van der Waals surface area contributed by atoms with E-state index in [1.165, 1.54) is 0 Å². The molecule has 3 aromatic rings. The molecule has 1 saturated heterocycles. The van der Waals surface area contributed by atoms with Crippen molar-refractivity contribution in [2.45, 2.75) is 33.2 Å². The van der Waals surface area contributed by atoms with E-state index in [1.807, 2.05) is 49.1 Å². The quantitative estimate of drug-likeness (QED) is 0.709. The van der Waals surface area contributed by atoms with Crippen molar-refractivity contribution in [3.05, 3.63) is 65.0 Å². The average Bonchev–Trinajstić information content (AvgIpc) is 3.19. The molecule has 4 heteroatoms. The number of carbonyl (C=O) groups excluding carboxylic acids is 1. The maximum atomic E-state index is 13.0. The summed E-state index contributed by atoms with van der Waals surface area (Å²) in [6.07, 6.45) is 0.970. The molecule has 0 aliphatic carbocycles. The van der Waals surface area contributed by atoms with Crippen LogP contribution in [0.25, 0.3) is 11.0 Å². The van der Waals surface area contributed by atoms with Gasteiger partial charge in [-0.2, -0.15) is 0 Å². The highest BCUT2D eigenvalue weighted by Crippen LogP contribution is 2.29. The maximum Gasteiger partial charge on any atom is 0.254 e. The van der Waals surface area contributed by atoms with Crippen LogP contribution in [0, 0.1) is 20.8 Å². The van der Waals surface area contributed by atoms with E-state index in [9.17, 15) is 4.79 Å². The molecule has 4 nitrogen and oxygen atoms in total. The number of para-hydroxylation sites is 2. The Hall–Kier alpha value is -2.62. The molecular weight excluding hydrogens is 310 g/mol. The van der Waals surface area contributed by atoms with Crippen molar-refractivity contribution in [1.29, 1.82) is 0 Å². The summed E-state index contributed by atoms with van der Waals surface area (Å²) in [6.45, 7) is 7.63. The fourth-order valence-electron chi connectivity index (χ4n) is 3.90. The number of nitrogens with zero attached hydrogens (tertiary/aromatic N) is 3. The van der Waals surface area contributed by atoms with Crippen molar-refractivity contribution in [1.82, 2.24) is 14.5 Å².